The quantitative estimate of drug-likeness (QED) is 0.659. The molecule has 0 radical (unpaired) electrons. The third kappa shape index (κ3) is 1.20. The highest BCUT2D eigenvalue weighted by atomic mass is 16.3. The maximum atomic E-state index is 9.27. The van der Waals surface area contributed by atoms with Crippen LogP contribution in [0.4, 0.5) is 5.69 Å². The number of hydrogen-bond donors (Lipinski definition) is 3. The molecule has 0 saturated carbocycles. The summed E-state index contributed by atoms with van der Waals surface area (Å²) in [5.74, 6) is 0. The van der Waals surface area contributed by atoms with Crippen LogP contribution in [0, 0.1) is 0 Å². The van der Waals surface area contributed by atoms with E-state index >= 15 is 0 Å². The first-order valence-electron chi connectivity index (χ1n) is 4.83. The molecule has 0 spiro atoms. The zero-order valence-corrected chi connectivity index (χ0v) is 8.31. The van der Waals surface area contributed by atoms with E-state index in [4.69, 9.17) is 0 Å². The molecule has 1 aliphatic heterocycles. The largest absolute Gasteiger partial charge is 0.392 e. The van der Waals surface area contributed by atoms with Crippen LogP contribution in [0.15, 0.2) is 17.2 Å². The number of nitrogens with zero attached hydrogens (tertiary/aromatic N) is 3. The first kappa shape index (κ1) is 9.05. The lowest BCUT2D eigenvalue weighted by Gasteiger charge is -2.06. The molecule has 0 fully saturated rings. The molecule has 6 nitrogen and oxygen atoms in total. The Hall–Kier alpha value is -2.21. The summed E-state index contributed by atoms with van der Waals surface area (Å²) in [7, 11) is 0. The van der Waals surface area contributed by atoms with Crippen LogP contribution in [-0.2, 0) is 6.61 Å². The van der Waals surface area contributed by atoms with Crippen molar-refractivity contribution >= 4 is 29.0 Å². The average Bonchev–Trinajstić information content (AvgIpc) is 2.67. The number of benzene rings is 1. The molecule has 0 aliphatic carbocycles. The maximum Gasteiger partial charge on any atom is 0.138 e. The van der Waals surface area contributed by atoms with Gasteiger partial charge >= 0.3 is 0 Å². The Labute approximate surface area is 90.7 Å². The Morgan fingerprint density at radius 3 is 3.00 bits per heavy atom. The molecule has 2 aromatic rings. The number of nitrogens with one attached hydrogen (secondary N) is 2. The van der Waals surface area contributed by atoms with Crippen molar-refractivity contribution in [3.63, 3.8) is 0 Å². The minimum Gasteiger partial charge on any atom is -0.392 e. The van der Waals surface area contributed by atoms with Crippen LogP contribution < -0.4 is 5.43 Å². The topological polar surface area (TPSA) is 86.2 Å². The number of H-pyrrole nitrogens is 1. The van der Waals surface area contributed by atoms with Crippen LogP contribution in [0.25, 0.3) is 17.1 Å². The van der Waals surface area contributed by atoms with Crippen LogP contribution in [-0.4, -0.2) is 26.7 Å². The molecule has 16 heavy (non-hydrogen) atoms. The molecule has 3 rings (SSSR count). The lowest BCUT2D eigenvalue weighted by atomic mass is 10.1. The zero-order valence-electron chi connectivity index (χ0n) is 8.31. The fraction of sp³-hybridized carbons (Fsp3) is 0.100. The predicted octanol–water partition coefficient (Wildman–Crippen LogP) is 0.875. The fourth-order valence-electron chi connectivity index (χ4n) is 1.76. The van der Waals surface area contributed by atoms with Gasteiger partial charge in [0.25, 0.3) is 0 Å². The summed E-state index contributed by atoms with van der Waals surface area (Å²) in [6, 6.07) is 1.87. The second kappa shape index (κ2) is 3.42. The molecule has 1 aliphatic rings. The first-order valence-corrected chi connectivity index (χ1v) is 4.83. The zero-order chi connectivity index (χ0) is 11.0. The molecular weight excluding hydrogens is 206 g/mol. The average molecular weight is 215 g/mol. The van der Waals surface area contributed by atoms with E-state index in [1.165, 1.54) is 0 Å². The van der Waals surface area contributed by atoms with Crippen molar-refractivity contribution in [2.45, 2.75) is 6.61 Å². The van der Waals surface area contributed by atoms with E-state index in [2.05, 4.69) is 25.9 Å². The van der Waals surface area contributed by atoms with Gasteiger partial charge in [-0.05, 0) is 12.1 Å². The van der Waals surface area contributed by atoms with E-state index in [0.717, 1.165) is 16.8 Å². The standard InChI is InChI=1S/C10H9N5O/c16-5-7-4-6-2-1-3-11-12-8(6)10-9(7)13-15-14-10/h1-4,12,16H,5H2,(H,13,14,15). The molecule has 0 bridgehead atoms. The number of hydrogen-bond acceptors (Lipinski definition) is 5. The Bertz CT molecular complexity index is 599. The number of aromatic nitrogens is 3. The Kier molecular flexibility index (Phi) is 1.94. The number of aliphatic hydroxyl groups is 1. The summed E-state index contributed by atoms with van der Waals surface area (Å²) in [6.45, 7) is -0.0645. The molecule has 6 heteroatoms. The summed E-state index contributed by atoms with van der Waals surface area (Å²) in [4.78, 5) is 0. The van der Waals surface area contributed by atoms with Crippen molar-refractivity contribution in [2.24, 2.45) is 5.10 Å². The lowest BCUT2D eigenvalue weighted by Crippen LogP contribution is -1.95. The van der Waals surface area contributed by atoms with E-state index in [1.54, 1.807) is 6.21 Å². The first-order chi connectivity index (χ1) is 7.90. The van der Waals surface area contributed by atoms with E-state index in [0.29, 0.717) is 11.0 Å². The number of rotatable bonds is 1. The van der Waals surface area contributed by atoms with Gasteiger partial charge in [0.15, 0.2) is 0 Å². The molecule has 3 N–H and O–H groups in total. The van der Waals surface area contributed by atoms with Crippen LogP contribution in [0.2, 0.25) is 0 Å². The van der Waals surface area contributed by atoms with E-state index in [1.807, 2.05) is 18.2 Å². The highest BCUT2D eigenvalue weighted by molar-refractivity contribution is 5.97. The van der Waals surface area contributed by atoms with Crippen molar-refractivity contribution < 1.29 is 5.11 Å². The number of anilines is 1. The summed E-state index contributed by atoms with van der Waals surface area (Å²) >= 11 is 0. The van der Waals surface area contributed by atoms with Crippen LogP contribution in [0.3, 0.4) is 0 Å². The molecule has 0 unspecified atom stereocenters. The Morgan fingerprint density at radius 1 is 1.25 bits per heavy atom. The third-order valence-electron chi connectivity index (χ3n) is 2.49. The minimum absolute atomic E-state index is 0.0645. The van der Waals surface area contributed by atoms with E-state index in [-0.39, 0.29) is 6.61 Å². The van der Waals surface area contributed by atoms with Crippen molar-refractivity contribution in [3.8, 4) is 0 Å². The molecular formula is C10H9N5O. The highest BCUT2D eigenvalue weighted by Gasteiger charge is 2.14. The van der Waals surface area contributed by atoms with Gasteiger partial charge in [0.1, 0.15) is 11.0 Å². The van der Waals surface area contributed by atoms with Gasteiger partial charge in [0.05, 0.1) is 12.3 Å². The molecule has 0 amide bonds. The number of fused-ring (bicyclic) bond motifs is 3. The van der Waals surface area contributed by atoms with Gasteiger partial charge < -0.3 is 5.11 Å². The van der Waals surface area contributed by atoms with Crippen molar-refractivity contribution in [1.29, 1.82) is 0 Å². The second-order valence-electron chi connectivity index (χ2n) is 3.43. The summed E-state index contributed by atoms with van der Waals surface area (Å²) in [5, 5.41) is 23.9. The fourth-order valence-corrected chi connectivity index (χ4v) is 1.76. The van der Waals surface area contributed by atoms with Crippen molar-refractivity contribution in [2.75, 3.05) is 5.43 Å². The number of hydrazone groups is 1. The Morgan fingerprint density at radius 2 is 2.12 bits per heavy atom. The minimum atomic E-state index is -0.0645. The van der Waals surface area contributed by atoms with Gasteiger partial charge in [0, 0.05) is 17.3 Å². The summed E-state index contributed by atoms with van der Waals surface area (Å²) in [5.41, 5.74) is 6.74. The van der Waals surface area contributed by atoms with Crippen LogP contribution >= 0.6 is 0 Å². The van der Waals surface area contributed by atoms with Gasteiger partial charge in [-0.2, -0.15) is 20.5 Å². The smallest absolute Gasteiger partial charge is 0.138 e. The molecule has 2 heterocycles. The maximum absolute atomic E-state index is 9.27. The van der Waals surface area contributed by atoms with E-state index in [9.17, 15) is 5.11 Å². The molecule has 1 aromatic heterocycles. The SMILES string of the molecule is OCc1cc2c(c3n[nH]nc13)NN=CC=C2. The van der Waals surface area contributed by atoms with Gasteiger partial charge in [-0.15, -0.1) is 0 Å². The molecule has 0 atom stereocenters. The lowest BCUT2D eigenvalue weighted by molar-refractivity contribution is 0.283. The van der Waals surface area contributed by atoms with Crippen LogP contribution in [0.5, 0.6) is 0 Å². The van der Waals surface area contributed by atoms with Crippen molar-refractivity contribution in [1.82, 2.24) is 15.4 Å². The van der Waals surface area contributed by atoms with Gasteiger partial charge in [0.2, 0.25) is 0 Å². The Balaban J connectivity index is 2.37. The molecule has 1 aromatic carbocycles. The summed E-state index contributed by atoms with van der Waals surface area (Å²) in [6.07, 6.45) is 5.39. The molecule has 0 saturated heterocycles. The van der Waals surface area contributed by atoms with Crippen molar-refractivity contribution in [3.05, 3.63) is 23.3 Å². The number of aromatic amines is 1. The van der Waals surface area contributed by atoms with E-state index < -0.39 is 0 Å². The predicted molar refractivity (Wildman–Crippen MR) is 61.0 cm³/mol. The molecule has 80 valence electrons. The number of allylic oxidation sites excluding steroid dienone is 1. The second-order valence-corrected chi connectivity index (χ2v) is 3.43. The van der Waals surface area contributed by atoms with Gasteiger partial charge in [-0.1, -0.05) is 6.08 Å². The number of aliphatic hydroxyl groups excluding tert-OH is 1. The van der Waals surface area contributed by atoms with Gasteiger partial charge in [-0.25, -0.2) is 0 Å². The summed E-state index contributed by atoms with van der Waals surface area (Å²) < 4.78 is 0. The highest BCUT2D eigenvalue weighted by Crippen LogP contribution is 2.29. The van der Waals surface area contributed by atoms with Crippen LogP contribution in [0.1, 0.15) is 11.1 Å². The van der Waals surface area contributed by atoms with Gasteiger partial charge in [-0.3, -0.25) is 5.43 Å². The normalized spacial score (nSPS) is 13.6. The monoisotopic (exact) mass is 215 g/mol. The third-order valence-corrected chi connectivity index (χ3v) is 2.49.